The number of hydrogen-bond donors (Lipinski definition) is 1. The topological polar surface area (TPSA) is 60.2 Å². The van der Waals surface area contributed by atoms with Crippen molar-refractivity contribution in [2.45, 2.75) is 43.4 Å². The lowest BCUT2D eigenvalue weighted by Crippen LogP contribution is -2.55. The molecule has 0 heterocycles. The number of primary sulfonamides is 1. The van der Waals surface area contributed by atoms with Gasteiger partial charge in [-0.3, -0.25) is 0 Å². The van der Waals surface area contributed by atoms with Crippen molar-refractivity contribution < 1.29 is 8.42 Å². The number of rotatable bonds is 2. The summed E-state index contributed by atoms with van der Waals surface area (Å²) in [7, 11) is -3.37. The third kappa shape index (κ3) is 1.89. The van der Waals surface area contributed by atoms with Gasteiger partial charge in [0, 0.05) is 4.87 Å². The van der Waals surface area contributed by atoms with Crippen LogP contribution < -0.4 is 5.14 Å². The van der Waals surface area contributed by atoms with Crippen LogP contribution >= 0.6 is 11.6 Å². The molecule has 0 aromatic carbocycles. The summed E-state index contributed by atoms with van der Waals surface area (Å²) in [6.07, 6.45) is 6.31. The summed E-state index contributed by atoms with van der Waals surface area (Å²) in [5, 5.41) is 5.23. The average Bonchev–Trinajstić information content (AvgIpc) is 1.91. The molecule has 4 aliphatic carbocycles. The molecule has 0 spiro atoms. The van der Waals surface area contributed by atoms with E-state index in [0.717, 1.165) is 32.1 Å². The van der Waals surface area contributed by atoms with Crippen molar-refractivity contribution in [3.63, 3.8) is 0 Å². The monoisotopic (exact) mass is 263 g/mol. The number of halogens is 1. The zero-order valence-electron chi connectivity index (χ0n) is 9.28. The van der Waals surface area contributed by atoms with E-state index < -0.39 is 10.0 Å². The van der Waals surface area contributed by atoms with Gasteiger partial charge in [0.15, 0.2) is 0 Å². The Bertz CT molecular complexity index is 406. The first kappa shape index (κ1) is 11.3. The second-order valence-corrected chi connectivity index (χ2v) is 8.84. The van der Waals surface area contributed by atoms with Crippen LogP contribution in [0.5, 0.6) is 0 Å². The van der Waals surface area contributed by atoms with Gasteiger partial charge in [-0.15, -0.1) is 11.6 Å². The number of alkyl halides is 1. The van der Waals surface area contributed by atoms with Gasteiger partial charge < -0.3 is 0 Å². The first-order chi connectivity index (χ1) is 7.28. The predicted octanol–water partition coefficient (Wildman–Crippen LogP) is 1.85. The Balaban J connectivity index is 1.92. The molecule has 2 unspecified atom stereocenters. The van der Waals surface area contributed by atoms with E-state index in [9.17, 15) is 8.42 Å². The summed E-state index contributed by atoms with van der Waals surface area (Å²) < 4.78 is 22.7. The van der Waals surface area contributed by atoms with Gasteiger partial charge in [0.2, 0.25) is 10.0 Å². The normalized spacial score (nSPS) is 50.9. The van der Waals surface area contributed by atoms with Gasteiger partial charge in [-0.25, -0.2) is 13.6 Å². The van der Waals surface area contributed by atoms with Crippen molar-refractivity contribution in [1.29, 1.82) is 0 Å². The molecule has 3 nitrogen and oxygen atoms in total. The molecule has 92 valence electrons. The molecule has 0 saturated heterocycles. The zero-order valence-corrected chi connectivity index (χ0v) is 10.9. The summed E-state index contributed by atoms with van der Waals surface area (Å²) in [5.74, 6) is 1.42. The molecule has 0 aliphatic heterocycles. The van der Waals surface area contributed by atoms with E-state index in [4.69, 9.17) is 16.7 Å². The predicted molar refractivity (Wildman–Crippen MR) is 63.7 cm³/mol. The van der Waals surface area contributed by atoms with E-state index in [1.165, 1.54) is 6.42 Å². The molecule has 2 atom stereocenters. The lowest BCUT2D eigenvalue weighted by atomic mass is 9.50. The van der Waals surface area contributed by atoms with Gasteiger partial charge in [-0.05, 0) is 55.8 Å². The van der Waals surface area contributed by atoms with E-state index in [-0.39, 0.29) is 16.0 Å². The second-order valence-electron chi connectivity index (χ2n) is 6.42. The molecule has 0 amide bonds. The van der Waals surface area contributed by atoms with Crippen molar-refractivity contribution in [2.75, 3.05) is 5.75 Å². The molecule has 0 radical (unpaired) electrons. The molecule has 5 heteroatoms. The minimum Gasteiger partial charge on any atom is -0.229 e. The van der Waals surface area contributed by atoms with Gasteiger partial charge in [0.1, 0.15) is 0 Å². The van der Waals surface area contributed by atoms with E-state index in [1.807, 2.05) is 0 Å². The summed E-state index contributed by atoms with van der Waals surface area (Å²) >= 11 is 6.61. The van der Waals surface area contributed by atoms with Gasteiger partial charge >= 0.3 is 0 Å². The van der Waals surface area contributed by atoms with Crippen molar-refractivity contribution >= 4 is 21.6 Å². The molecular formula is C11H18ClNO2S. The van der Waals surface area contributed by atoms with Crippen LogP contribution in [0.25, 0.3) is 0 Å². The van der Waals surface area contributed by atoms with Crippen molar-refractivity contribution in [3.8, 4) is 0 Å². The quantitative estimate of drug-likeness (QED) is 0.773. The van der Waals surface area contributed by atoms with Crippen molar-refractivity contribution in [3.05, 3.63) is 0 Å². The lowest BCUT2D eigenvalue weighted by molar-refractivity contribution is -0.0259. The number of nitrogens with two attached hydrogens (primary N) is 1. The minimum absolute atomic E-state index is 0.0978. The lowest BCUT2D eigenvalue weighted by Gasteiger charge is -2.59. The van der Waals surface area contributed by atoms with E-state index in [2.05, 4.69) is 0 Å². The Hall–Kier alpha value is 0.200. The molecule has 4 fully saturated rings. The Morgan fingerprint density at radius 3 is 2.19 bits per heavy atom. The van der Waals surface area contributed by atoms with Crippen LogP contribution in [0.4, 0.5) is 0 Å². The highest BCUT2D eigenvalue weighted by Gasteiger charge is 2.57. The van der Waals surface area contributed by atoms with Crippen LogP contribution in [0.3, 0.4) is 0 Å². The molecule has 4 aliphatic rings. The molecule has 4 bridgehead atoms. The Labute approximate surface area is 102 Å². The van der Waals surface area contributed by atoms with Crippen LogP contribution in [0.1, 0.15) is 38.5 Å². The second kappa shape index (κ2) is 3.15. The maximum Gasteiger partial charge on any atom is 0.209 e. The Morgan fingerprint density at radius 1 is 1.19 bits per heavy atom. The smallest absolute Gasteiger partial charge is 0.209 e. The summed E-state index contributed by atoms with van der Waals surface area (Å²) in [4.78, 5) is -0.116. The van der Waals surface area contributed by atoms with Gasteiger partial charge in [0.05, 0.1) is 5.75 Å². The molecular weight excluding hydrogens is 246 g/mol. The summed E-state index contributed by atoms with van der Waals surface area (Å²) in [5.41, 5.74) is -0.0978. The maximum absolute atomic E-state index is 11.4. The third-order valence-electron chi connectivity index (χ3n) is 4.62. The standard InChI is InChI=1S/C11H18ClNO2S/c12-11-4-8-1-9(5-11)3-10(2-8,6-11)7-16(13,14)15/h8-9H,1-7H2,(H2,13,14,15). The molecule has 0 aromatic heterocycles. The number of hydrogen-bond acceptors (Lipinski definition) is 2. The minimum atomic E-state index is -3.37. The van der Waals surface area contributed by atoms with E-state index in [1.54, 1.807) is 0 Å². The van der Waals surface area contributed by atoms with Crippen molar-refractivity contribution in [2.24, 2.45) is 22.4 Å². The van der Waals surface area contributed by atoms with Crippen LogP contribution in [-0.4, -0.2) is 19.0 Å². The third-order valence-corrected chi connectivity index (χ3v) is 6.08. The average molecular weight is 264 g/mol. The van der Waals surface area contributed by atoms with Crippen LogP contribution in [0, 0.1) is 17.3 Å². The molecule has 4 saturated carbocycles. The fourth-order valence-electron chi connectivity index (χ4n) is 4.93. The highest BCUT2D eigenvalue weighted by molar-refractivity contribution is 7.89. The zero-order chi connectivity index (χ0) is 11.6. The first-order valence-corrected chi connectivity index (χ1v) is 8.06. The van der Waals surface area contributed by atoms with Gasteiger partial charge in [0.25, 0.3) is 0 Å². The fraction of sp³-hybridized carbons (Fsp3) is 1.00. The van der Waals surface area contributed by atoms with Gasteiger partial charge in [-0.1, -0.05) is 0 Å². The van der Waals surface area contributed by atoms with Crippen LogP contribution in [0.15, 0.2) is 0 Å². The Kier molecular flexibility index (Phi) is 2.22. The first-order valence-electron chi connectivity index (χ1n) is 5.97. The largest absolute Gasteiger partial charge is 0.229 e. The SMILES string of the molecule is NS(=O)(=O)CC12CC3CC(CC(Cl)(C3)C1)C2. The molecule has 4 rings (SSSR count). The number of sulfonamides is 1. The Morgan fingerprint density at radius 2 is 1.75 bits per heavy atom. The van der Waals surface area contributed by atoms with Crippen molar-refractivity contribution in [1.82, 2.24) is 0 Å². The van der Waals surface area contributed by atoms with Crippen LogP contribution in [0.2, 0.25) is 0 Å². The maximum atomic E-state index is 11.4. The molecule has 2 N–H and O–H groups in total. The summed E-state index contributed by atoms with van der Waals surface area (Å²) in [6, 6.07) is 0. The highest BCUT2D eigenvalue weighted by Crippen LogP contribution is 2.63. The molecule has 0 aromatic rings. The fourth-order valence-corrected chi connectivity index (χ4v) is 6.84. The van der Waals surface area contributed by atoms with Gasteiger partial charge in [-0.2, -0.15) is 0 Å². The van der Waals surface area contributed by atoms with E-state index in [0.29, 0.717) is 11.8 Å². The highest BCUT2D eigenvalue weighted by atomic mass is 35.5. The summed E-state index contributed by atoms with van der Waals surface area (Å²) in [6.45, 7) is 0. The molecule has 16 heavy (non-hydrogen) atoms. The van der Waals surface area contributed by atoms with Crippen LogP contribution in [-0.2, 0) is 10.0 Å². The van der Waals surface area contributed by atoms with E-state index >= 15 is 0 Å².